The Kier molecular flexibility index (Phi) is 4.87. The number of carbonyl (C=O) groups is 1. The molecule has 0 aromatic carbocycles. The molecule has 2 aliphatic rings. The number of aromatic nitrogens is 2. The van der Waals surface area contributed by atoms with Crippen LogP contribution >= 0.6 is 0 Å². The minimum Gasteiger partial charge on any atom is -0.450 e. The summed E-state index contributed by atoms with van der Waals surface area (Å²) in [6.07, 6.45) is 8.48. The van der Waals surface area contributed by atoms with E-state index in [0.717, 1.165) is 50.9 Å². The van der Waals surface area contributed by atoms with Crippen molar-refractivity contribution in [1.82, 2.24) is 14.9 Å². The average molecular weight is 351 g/mol. The van der Waals surface area contributed by atoms with E-state index in [1.165, 1.54) is 22.4 Å². The Bertz CT molecular complexity index is 798. The molecule has 136 valence electrons. The van der Waals surface area contributed by atoms with Crippen LogP contribution in [0.4, 0.5) is 4.79 Å². The number of rotatable bonds is 2. The van der Waals surface area contributed by atoms with Gasteiger partial charge in [-0.1, -0.05) is 6.07 Å². The lowest BCUT2D eigenvalue weighted by molar-refractivity contribution is 0.0970. The maximum Gasteiger partial charge on any atom is 0.409 e. The Morgan fingerprint density at radius 3 is 2.77 bits per heavy atom. The van der Waals surface area contributed by atoms with E-state index in [-0.39, 0.29) is 6.09 Å². The number of likely N-dealkylation sites (tertiary alicyclic amines) is 1. The number of carbonyl (C=O) groups excluding carboxylic acids is 1. The first-order chi connectivity index (χ1) is 12.8. The third-order valence-electron chi connectivity index (χ3n) is 5.61. The van der Waals surface area contributed by atoms with Gasteiger partial charge in [0.15, 0.2) is 0 Å². The summed E-state index contributed by atoms with van der Waals surface area (Å²) >= 11 is 0. The Morgan fingerprint density at radius 1 is 1.15 bits per heavy atom. The highest BCUT2D eigenvalue weighted by molar-refractivity contribution is 5.67. The second kappa shape index (κ2) is 7.44. The van der Waals surface area contributed by atoms with E-state index in [4.69, 9.17) is 4.74 Å². The largest absolute Gasteiger partial charge is 0.450 e. The molecule has 1 aliphatic carbocycles. The maximum absolute atomic E-state index is 11.9. The molecule has 0 spiro atoms. The number of aryl methyl sites for hydroxylation is 1. The van der Waals surface area contributed by atoms with Crippen molar-refractivity contribution in [3.8, 4) is 0 Å². The molecule has 4 rings (SSSR count). The number of ether oxygens (including phenoxy) is 1. The van der Waals surface area contributed by atoms with Crippen molar-refractivity contribution in [1.29, 1.82) is 0 Å². The summed E-state index contributed by atoms with van der Waals surface area (Å²) in [4.78, 5) is 23.0. The van der Waals surface area contributed by atoms with Gasteiger partial charge in [-0.2, -0.15) is 0 Å². The van der Waals surface area contributed by atoms with Crippen LogP contribution in [0.1, 0.15) is 53.8 Å². The topological polar surface area (TPSA) is 55.3 Å². The van der Waals surface area contributed by atoms with Crippen molar-refractivity contribution in [3.63, 3.8) is 0 Å². The number of piperidine rings is 1. The Labute approximate surface area is 154 Å². The van der Waals surface area contributed by atoms with Crippen molar-refractivity contribution in [3.05, 3.63) is 58.7 Å². The summed E-state index contributed by atoms with van der Waals surface area (Å²) in [7, 11) is 0. The molecule has 1 amide bonds. The molecule has 5 heteroatoms. The van der Waals surface area contributed by atoms with Gasteiger partial charge in [-0.05, 0) is 67.3 Å². The fourth-order valence-electron chi connectivity index (χ4n) is 4.24. The first kappa shape index (κ1) is 17.0. The predicted octanol–water partition coefficient (Wildman–Crippen LogP) is 3.50. The number of amides is 1. The lowest BCUT2D eigenvalue weighted by atomic mass is 9.85. The molecule has 26 heavy (non-hydrogen) atoms. The van der Waals surface area contributed by atoms with Crippen LogP contribution in [-0.2, 0) is 24.0 Å². The fraction of sp³-hybridized carbons (Fsp3) is 0.476. The van der Waals surface area contributed by atoms with Gasteiger partial charge in [0.2, 0.25) is 0 Å². The highest BCUT2D eigenvalue weighted by Crippen LogP contribution is 2.34. The second-order valence-corrected chi connectivity index (χ2v) is 7.07. The Balaban J connectivity index is 1.53. The smallest absolute Gasteiger partial charge is 0.409 e. The lowest BCUT2D eigenvalue weighted by Gasteiger charge is -2.32. The summed E-state index contributed by atoms with van der Waals surface area (Å²) in [5.74, 6) is 0.492. The third kappa shape index (κ3) is 3.30. The quantitative estimate of drug-likeness (QED) is 0.831. The van der Waals surface area contributed by atoms with Crippen LogP contribution in [-0.4, -0.2) is 40.7 Å². The van der Waals surface area contributed by atoms with Gasteiger partial charge in [0.25, 0.3) is 0 Å². The van der Waals surface area contributed by atoms with E-state index in [9.17, 15) is 4.79 Å². The van der Waals surface area contributed by atoms with Crippen LogP contribution in [0.25, 0.3) is 0 Å². The number of nitrogens with zero attached hydrogens (tertiary/aromatic N) is 3. The normalized spacial score (nSPS) is 17.2. The molecular weight excluding hydrogens is 326 g/mol. The molecule has 3 heterocycles. The molecule has 1 saturated heterocycles. The van der Waals surface area contributed by atoms with Crippen LogP contribution < -0.4 is 0 Å². The number of hydrogen-bond acceptors (Lipinski definition) is 4. The molecule has 2 aromatic heterocycles. The SMILES string of the molecule is CCOC(=O)N1CCC(c2ccnc3c2CCc2cccnc2C3)CC1. The number of fused-ring (bicyclic) bond motifs is 2. The summed E-state index contributed by atoms with van der Waals surface area (Å²) in [5.41, 5.74) is 6.50. The molecule has 0 unspecified atom stereocenters. The molecule has 2 aromatic rings. The van der Waals surface area contributed by atoms with Crippen LogP contribution in [0, 0.1) is 0 Å². The van der Waals surface area contributed by atoms with E-state index >= 15 is 0 Å². The summed E-state index contributed by atoms with van der Waals surface area (Å²) in [6.45, 7) is 3.82. The van der Waals surface area contributed by atoms with Gasteiger partial charge in [0, 0.05) is 43.3 Å². The molecule has 0 atom stereocenters. The monoisotopic (exact) mass is 351 g/mol. The van der Waals surface area contributed by atoms with E-state index in [0.29, 0.717) is 12.5 Å². The maximum atomic E-state index is 11.9. The zero-order chi connectivity index (χ0) is 17.9. The molecule has 1 aliphatic heterocycles. The average Bonchev–Trinajstić information content (AvgIpc) is 2.87. The van der Waals surface area contributed by atoms with Gasteiger partial charge in [0.05, 0.1) is 6.61 Å². The van der Waals surface area contributed by atoms with Gasteiger partial charge < -0.3 is 9.64 Å². The van der Waals surface area contributed by atoms with Crippen molar-refractivity contribution in [2.45, 2.75) is 44.9 Å². The third-order valence-corrected chi connectivity index (χ3v) is 5.61. The van der Waals surface area contributed by atoms with E-state index < -0.39 is 0 Å². The van der Waals surface area contributed by atoms with Gasteiger partial charge in [-0.15, -0.1) is 0 Å². The van der Waals surface area contributed by atoms with Gasteiger partial charge in [0.1, 0.15) is 0 Å². The fourth-order valence-corrected chi connectivity index (χ4v) is 4.24. The molecule has 0 saturated carbocycles. The van der Waals surface area contributed by atoms with Crippen molar-refractivity contribution < 1.29 is 9.53 Å². The van der Waals surface area contributed by atoms with Gasteiger partial charge in [-0.3, -0.25) is 9.97 Å². The summed E-state index contributed by atoms with van der Waals surface area (Å²) in [6, 6.07) is 6.40. The minimum absolute atomic E-state index is 0.180. The van der Waals surface area contributed by atoms with Crippen LogP contribution in [0.2, 0.25) is 0 Å². The highest BCUT2D eigenvalue weighted by Gasteiger charge is 2.27. The molecule has 0 radical (unpaired) electrons. The minimum atomic E-state index is -0.180. The zero-order valence-corrected chi connectivity index (χ0v) is 15.3. The van der Waals surface area contributed by atoms with Crippen molar-refractivity contribution in [2.24, 2.45) is 0 Å². The lowest BCUT2D eigenvalue weighted by Crippen LogP contribution is -2.38. The van der Waals surface area contributed by atoms with E-state index in [2.05, 4.69) is 22.1 Å². The number of hydrogen-bond donors (Lipinski definition) is 0. The zero-order valence-electron chi connectivity index (χ0n) is 15.3. The van der Waals surface area contributed by atoms with Crippen molar-refractivity contribution in [2.75, 3.05) is 19.7 Å². The molecule has 0 bridgehead atoms. The first-order valence-electron chi connectivity index (χ1n) is 9.57. The predicted molar refractivity (Wildman–Crippen MR) is 99.3 cm³/mol. The van der Waals surface area contributed by atoms with Gasteiger partial charge >= 0.3 is 6.09 Å². The van der Waals surface area contributed by atoms with E-state index in [1.54, 1.807) is 0 Å². The standard InChI is InChI=1S/C21H25N3O2/c1-2-26-21(25)24-12-8-15(9-13-24)17-7-11-23-20-14-19-16(4-3-10-22-19)5-6-18(17)20/h3-4,7,10-11,15H,2,5-6,8-9,12-14H2,1H3. The molecule has 0 N–H and O–H groups in total. The van der Waals surface area contributed by atoms with E-state index in [1.807, 2.05) is 30.3 Å². The van der Waals surface area contributed by atoms with Gasteiger partial charge in [-0.25, -0.2) is 4.79 Å². The number of pyridine rings is 2. The Hall–Kier alpha value is -2.43. The molecule has 1 fully saturated rings. The Morgan fingerprint density at radius 2 is 1.96 bits per heavy atom. The van der Waals surface area contributed by atoms with Crippen LogP contribution in [0.15, 0.2) is 30.6 Å². The van der Waals surface area contributed by atoms with Crippen LogP contribution in [0.5, 0.6) is 0 Å². The highest BCUT2D eigenvalue weighted by atomic mass is 16.6. The second-order valence-electron chi connectivity index (χ2n) is 7.07. The van der Waals surface area contributed by atoms with Crippen molar-refractivity contribution >= 4 is 6.09 Å². The van der Waals surface area contributed by atoms with Crippen LogP contribution in [0.3, 0.4) is 0 Å². The summed E-state index contributed by atoms with van der Waals surface area (Å²) in [5, 5.41) is 0. The summed E-state index contributed by atoms with van der Waals surface area (Å²) < 4.78 is 5.14. The molecular formula is C21H25N3O2. The first-order valence-corrected chi connectivity index (χ1v) is 9.57. The molecule has 5 nitrogen and oxygen atoms in total.